The second kappa shape index (κ2) is 3.85. The molecular formula is C10H6F2N2O3. The van der Waals surface area contributed by atoms with Crippen LogP contribution in [-0.2, 0) is 0 Å². The van der Waals surface area contributed by atoms with Crippen LogP contribution in [0, 0.1) is 11.6 Å². The van der Waals surface area contributed by atoms with E-state index in [2.05, 4.69) is 10.2 Å². The second-order valence-corrected chi connectivity index (χ2v) is 3.26. The van der Waals surface area contributed by atoms with Crippen molar-refractivity contribution in [2.45, 2.75) is 0 Å². The SMILES string of the molecule is O=C(O)c1[nH][nH]c(=O)c1-c1ccc(F)c(F)c1. The van der Waals surface area contributed by atoms with Crippen molar-refractivity contribution >= 4 is 5.97 Å². The van der Waals surface area contributed by atoms with Crippen LogP contribution in [0.4, 0.5) is 8.78 Å². The molecular weight excluding hydrogens is 234 g/mol. The lowest BCUT2D eigenvalue weighted by Gasteiger charge is -1.99. The number of carboxylic acid groups (broad SMARTS) is 1. The molecule has 0 aliphatic heterocycles. The van der Waals surface area contributed by atoms with Crippen molar-refractivity contribution in [1.29, 1.82) is 0 Å². The van der Waals surface area contributed by atoms with Gasteiger partial charge in [-0.15, -0.1) is 0 Å². The lowest BCUT2D eigenvalue weighted by atomic mass is 10.1. The number of carbonyl (C=O) groups is 1. The second-order valence-electron chi connectivity index (χ2n) is 3.26. The maximum atomic E-state index is 13.0. The molecule has 0 unspecified atom stereocenters. The van der Waals surface area contributed by atoms with E-state index in [1.54, 1.807) is 0 Å². The standard InChI is InChI=1S/C10H6F2N2O3/c11-5-2-1-4(3-6(5)12)7-8(10(16)17)13-14-9(7)15/h1-3H,(H,16,17)(H2,13,14,15). The van der Waals surface area contributed by atoms with Gasteiger partial charge in [-0.25, -0.2) is 13.6 Å². The van der Waals surface area contributed by atoms with Crippen LogP contribution in [-0.4, -0.2) is 21.3 Å². The van der Waals surface area contributed by atoms with E-state index in [1.165, 1.54) is 0 Å². The zero-order chi connectivity index (χ0) is 12.6. The van der Waals surface area contributed by atoms with Crippen LogP contribution in [0.1, 0.15) is 10.5 Å². The Kier molecular flexibility index (Phi) is 2.51. The third-order valence-electron chi connectivity index (χ3n) is 2.20. The number of H-pyrrole nitrogens is 2. The van der Waals surface area contributed by atoms with E-state index >= 15 is 0 Å². The molecule has 0 fully saturated rings. The summed E-state index contributed by atoms with van der Waals surface area (Å²) >= 11 is 0. The number of hydrogen-bond acceptors (Lipinski definition) is 2. The lowest BCUT2D eigenvalue weighted by Crippen LogP contribution is -2.05. The lowest BCUT2D eigenvalue weighted by molar-refractivity contribution is 0.0691. The van der Waals surface area contributed by atoms with Gasteiger partial charge in [0.05, 0.1) is 5.56 Å². The normalized spacial score (nSPS) is 10.5. The Morgan fingerprint density at radius 3 is 2.47 bits per heavy atom. The number of carboxylic acids is 1. The third-order valence-corrected chi connectivity index (χ3v) is 2.20. The molecule has 1 heterocycles. The molecule has 0 amide bonds. The Morgan fingerprint density at radius 2 is 1.88 bits per heavy atom. The van der Waals surface area contributed by atoms with Gasteiger partial charge in [-0.05, 0) is 17.7 Å². The van der Waals surface area contributed by atoms with Gasteiger partial charge in [-0.3, -0.25) is 15.0 Å². The van der Waals surface area contributed by atoms with Gasteiger partial charge in [0.2, 0.25) is 0 Å². The average Bonchev–Trinajstić information content (AvgIpc) is 2.64. The molecule has 5 nitrogen and oxygen atoms in total. The van der Waals surface area contributed by atoms with Gasteiger partial charge in [0.15, 0.2) is 17.3 Å². The molecule has 0 aliphatic rings. The van der Waals surface area contributed by atoms with Crippen LogP contribution in [0.2, 0.25) is 0 Å². The average molecular weight is 240 g/mol. The smallest absolute Gasteiger partial charge is 0.354 e. The van der Waals surface area contributed by atoms with Gasteiger partial charge in [-0.2, -0.15) is 0 Å². The number of nitrogens with one attached hydrogen (secondary N) is 2. The van der Waals surface area contributed by atoms with E-state index in [4.69, 9.17) is 5.11 Å². The molecule has 0 atom stereocenters. The number of aromatic carboxylic acids is 1. The van der Waals surface area contributed by atoms with Gasteiger partial charge in [-0.1, -0.05) is 6.07 Å². The van der Waals surface area contributed by atoms with Crippen LogP contribution >= 0.6 is 0 Å². The Morgan fingerprint density at radius 1 is 1.18 bits per heavy atom. The van der Waals surface area contributed by atoms with Crippen molar-refractivity contribution in [3.63, 3.8) is 0 Å². The molecule has 3 N–H and O–H groups in total. The molecule has 1 aromatic heterocycles. The molecule has 0 saturated heterocycles. The highest BCUT2D eigenvalue weighted by atomic mass is 19.2. The summed E-state index contributed by atoms with van der Waals surface area (Å²) in [5.74, 6) is -3.60. The summed E-state index contributed by atoms with van der Waals surface area (Å²) < 4.78 is 25.7. The van der Waals surface area contributed by atoms with E-state index in [1.807, 2.05) is 0 Å². The quantitative estimate of drug-likeness (QED) is 0.740. The van der Waals surface area contributed by atoms with E-state index in [0.717, 1.165) is 18.2 Å². The van der Waals surface area contributed by atoms with Gasteiger partial charge in [0.25, 0.3) is 5.56 Å². The fraction of sp³-hybridized carbons (Fsp3) is 0. The highest BCUT2D eigenvalue weighted by Crippen LogP contribution is 2.20. The van der Waals surface area contributed by atoms with E-state index in [-0.39, 0.29) is 11.1 Å². The van der Waals surface area contributed by atoms with E-state index < -0.39 is 28.9 Å². The maximum Gasteiger partial charge on any atom is 0.354 e. The molecule has 0 spiro atoms. The summed E-state index contributed by atoms with van der Waals surface area (Å²) in [7, 11) is 0. The number of rotatable bonds is 2. The van der Waals surface area contributed by atoms with Crippen LogP contribution in [0.15, 0.2) is 23.0 Å². The molecule has 88 valence electrons. The summed E-state index contributed by atoms with van der Waals surface area (Å²) in [6.07, 6.45) is 0. The molecule has 0 saturated carbocycles. The molecule has 0 bridgehead atoms. The van der Waals surface area contributed by atoms with Crippen molar-refractivity contribution in [3.8, 4) is 11.1 Å². The summed E-state index contributed by atoms with van der Waals surface area (Å²) in [5.41, 5.74) is -1.37. The van der Waals surface area contributed by atoms with Gasteiger partial charge < -0.3 is 5.11 Å². The Hall–Kier alpha value is -2.44. The maximum absolute atomic E-state index is 13.0. The Bertz CT molecular complexity index is 645. The Labute approximate surface area is 92.7 Å². The highest BCUT2D eigenvalue weighted by Gasteiger charge is 2.18. The minimum Gasteiger partial charge on any atom is -0.477 e. The first-order valence-corrected chi connectivity index (χ1v) is 4.50. The first-order chi connectivity index (χ1) is 8.00. The number of halogens is 2. The van der Waals surface area contributed by atoms with Crippen molar-refractivity contribution in [2.75, 3.05) is 0 Å². The Balaban J connectivity index is 2.68. The number of hydrogen-bond donors (Lipinski definition) is 3. The minimum atomic E-state index is -1.37. The molecule has 1 aromatic carbocycles. The van der Waals surface area contributed by atoms with Crippen molar-refractivity contribution in [2.24, 2.45) is 0 Å². The zero-order valence-electron chi connectivity index (χ0n) is 8.25. The van der Waals surface area contributed by atoms with E-state index in [0.29, 0.717) is 0 Å². The number of aromatic nitrogens is 2. The minimum absolute atomic E-state index is 0.0104. The van der Waals surface area contributed by atoms with Crippen molar-refractivity contribution in [3.05, 3.63) is 45.9 Å². The molecule has 0 radical (unpaired) electrons. The third kappa shape index (κ3) is 1.82. The van der Waals surface area contributed by atoms with Gasteiger partial charge in [0, 0.05) is 0 Å². The zero-order valence-corrected chi connectivity index (χ0v) is 8.25. The summed E-state index contributed by atoms with van der Waals surface area (Å²) in [4.78, 5) is 22.2. The fourth-order valence-electron chi connectivity index (χ4n) is 1.45. The first-order valence-electron chi connectivity index (χ1n) is 4.50. The summed E-state index contributed by atoms with van der Waals surface area (Å²) in [6.45, 7) is 0. The molecule has 0 aliphatic carbocycles. The molecule has 2 aromatic rings. The number of benzene rings is 1. The van der Waals surface area contributed by atoms with Crippen molar-refractivity contribution < 1.29 is 18.7 Å². The first kappa shape index (κ1) is 11.1. The van der Waals surface area contributed by atoms with Crippen LogP contribution < -0.4 is 5.56 Å². The molecule has 7 heteroatoms. The summed E-state index contributed by atoms with van der Waals surface area (Å²) in [6, 6.07) is 2.71. The van der Waals surface area contributed by atoms with E-state index in [9.17, 15) is 18.4 Å². The molecule has 17 heavy (non-hydrogen) atoms. The van der Waals surface area contributed by atoms with Crippen LogP contribution in [0.25, 0.3) is 11.1 Å². The van der Waals surface area contributed by atoms with Crippen LogP contribution in [0.3, 0.4) is 0 Å². The number of aromatic amines is 2. The fourth-order valence-corrected chi connectivity index (χ4v) is 1.45. The molecule has 2 rings (SSSR count). The largest absolute Gasteiger partial charge is 0.477 e. The van der Waals surface area contributed by atoms with Gasteiger partial charge in [0.1, 0.15) is 0 Å². The predicted molar refractivity (Wildman–Crippen MR) is 53.7 cm³/mol. The topological polar surface area (TPSA) is 85.9 Å². The van der Waals surface area contributed by atoms with Crippen molar-refractivity contribution in [1.82, 2.24) is 10.2 Å². The predicted octanol–water partition coefficient (Wildman–Crippen LogP) is 1.35. The summed E-state index contributed by atoms with van der Waals surface area (Å²) in [5, 5.41) is 13.0. The van der Waals surface area contributed by atoms with Crippen LogP contribution in [0.5, 0.6) is 0 Å². The highest BCUT2D eigenvalue weighted by molar-refractivity contribution is 5.93. The van der Waals surface area contributed by atoms with Gasteiger partial charge >= 0.3 is 5.97 Å². The monoisotopic (exact) mass is 240 g/mol.